The van der Waals surface area contributed by atoms with Gasteiger partial charge in [-0.2, -0.15) is 0 Å². The Bertz CT molecular complexity index is 249. The van der Waals surface area contributed by atoms with Crippen LogP contribution in [0.15, 0.2) is 0 Å². The van der Waals surface area contributed by atoms with Crippen LogP contribution in [0.2, 0.25) is 0 Å². The molecule has 1 unspecified atom stereocenters. The summed E-state index contributed by atoms with van der Waals surface area (Å²) in [7, 11) is 0. The lowest BCUT2D eigenvalue weighted by molar-refractivity contribution is -0.142. The topological polar surface area (TPSA) is 139 Å². The normalized spacial score (nSPS) is 36.2. The van der Waals surface area contributed by atoms with Gasteiger partial charge in [0, 0.05) is 0 Å². The molecule has 0 aromatic rings. The molecule has 1 saturated heterocycles. The van der Waals surface area contributed by atoms with E-state index in [1.807, 2.05) is 0 Å². The average molecular weight is 237 g/mol. The van der Waals surface area contributed by atoms with Crippen LogP contribution >= 0.6 is 0 Å². The SMILES string of the molecule is O=C(O)[C@H](CO)NC1O[C@H](CO)[C@@H](O)[C@H]1O. The summed E-state index contributed by atoms with van der Waals surface area (Å²) < 4.78 is 4.98. The molecule has 0 aliphatic carbocycles. The molecule has 1 aliphatic heterocycles. The third-order valence-electron chi connectivity index (χ3n) is 2.39. The summed E-state index contributed by atoms with van der Waals surface area (Å²) in [5.41, 5.74) is 0. The zero-order valence-electron chi connectivity index (χ0n) is 8.35. The first kappa shape index (κ1) is 13.3. The van der Waals surface area contributed by atoms with Crippen molar-refractivity contribution in [3.8, 4) is 0 Å². The third-order valence-corrected chi connectivity index (χ3v) is 2.39. The summed E-state index contributed by atoms with van der Waals surface area (Å²) in [6, 6.07) is -1.30. The highest BCUT2D eigenvalue weighted by Gasteiger charge is 2.43. The molecule has 5 atom stereocenters. The van der Waals surface area contributed by atoms with Crippen molar-refractivity contribution in [3.63, 3.8) is 0 Å². The highest BCUT2D eigenvalue weighted by atomic mass is 16.6. The summed E-state index contributed by atoms with van der Waals surface area (Å²) in [6.45, 7) is -1.17. The van der Waals surface area contributed by atoms with E-state index in [4.69, 9.17) is 20.1 Å². The third kappa shape index (κ3) is 2.67. The molecule has 0 saturated carbocycles. The molecular formula is C8H15NO7. The van der Waals surface area contributed by atoms with E-state index in [9.17, 15) is 15.0 Å². The van der Waals surface area contributed by atoms with Gasteiger partial charge in [-0.1, -0.05) is 0 Å². The molecule has 0 bridgehead atoms. The standard InChI is InChI=1S/C8H15NO7/c10-1-3(8(14)15)9-7-6(13)5(12)4(2-11)16-7/h3-7,9-13H,1-2H2,(H,14,15)/t3-,4+,5+,6+,7?/m0/s1. The Labute approximate surface area is 91.1 Å². The summed E-state index contributed by atoms with van der Waals surface area (Å²) in [5.74, 6) is -1.31. The van der Waals surface area contributed by atoms with Gasteiger partial charge >= 0.3 is 5.97 Å². The molecule has 8 nitrogen and oxygen atoms in total. The van der Waals surface area contributed by atoms with Crippen LogP contribution in [0, 0.1) is 0 Å². The van der Waals surface area contributed by atoms with E-state index in [-0.39, 0.29) is 0 Å². The van der Waals surface area contributed by atoms with Crippen LogP contribution in [0.4, 0.5) is 0 Å². The van der Waals surface area contributed by atoms with Crippen molar-refractivity contribution in [2.75, 3.05) is 13.2 Å². The van der Waals surface area contributed by atoms with Crippen molar-refractivity contribution in [1.82, 2.24) is 5.32 Å². The second kappa shape index (κ2) is 5.53. The van der Waals surface area contributed by atoms with E-state index < -0.39 is 49.8 Å². The number of aliphatic carboxylic acids is 1. The van der Waals surface area contributed by atoms with Gasteiger partial charge in [-0.3, -0.25) is 10.1 Å². The van der Waals surface area contributed by atoms with Crippen LogP contribution < -0.4 is 5.32 Å². The number of carboxylic acids is 1. The second-order valence-corrected chi connectivity index (χ2v) is 3.50. The van der Waals surface area contributed by atoms with Gasteiger partial charge in [0.15, 0.2) is 0 Å². The van der Waals surface area contributed by atoms with E-state index in [1.54, 1.807) is 0 Å². The Balaban J connectivity index is 2.58. The van der Waals surface area contributed by atoms with Crippen molar-refractivity contribution >= 4 is 5.97 Å². The average Bonchev–Trinajstić information content (AvgIpc) is 2.52. The fourth-order valence-corrected chi connectivity index (χ4v) is 1.44. The minimum Gasteiger partial charge on any atom is -0.480 e. The molecule has 16 heavy (non-hydrogen) atoms. The molecular weight excluding hydrogens is 222 g/mol. The van der Waals surface area contributed by atoms with Gasteiger partial charge in [0.25, 0.3) is 0 Å². The van der Waals surface area contributed by atoms with Gasteiger partial charge in [0.05, 0.1) is 13.2 Å². The minimum absolute atomic E-state index is 0.493. The summed E-state index contributed by atoms with van der Waals surface area (Å²) in [6.07, 6.45) is -4.76. The van der Waals surface area contributed by atoms with Crippen LogP contribution in [0.5, 0.6) is 0 Å². The number of ether oxygens (including phenoxy) is 1. The highest BCUT2D eigenvalue weighted by molar-refractivity contribution is 5.73. The van der Waals surface area contributed by atoms with E-state index in [0.29, 0.717) is 0 Å². The van der Waals surface area contributed by atoms with E-state index >= 15 is 0 Å². The Hall–Kier alpha value is -0.770. The number of rotatable bonds is 5. The van der Waals surface area contributed by atoms with Crippen LogP contribution in [0.3, 0.4) is 0 Å². The predicted octanol–water partition coefficient (Wildman–Crippen LogP) is -3.54. The van der Waals surface area contributed by atoms with Gasteiger partial charge in [0.1, 0.15) is 30.6 Å². The number of nitrogens with one attached hydrogen (secondary N) is 1. The van der Waals surface area contributed by atoms with Gasteiger partial charge in [-0.25, -0.2) is 0 Å². The quantitative estimate of drug-likeness (QED) is 0.289. The first-order chi connectivity index (χ1) is 7.51. The molecule has 1 rings (SSSR count). The molecule has 0 aromatic heterocycles. The second-order valence-electron chi connectivity index (χ2n) is 3.50. The molecule has 6 N–H and O–H groups in total. The Morgan fingerprint density at radius 1 is 1.31 bits per heavy atom. The molecule has 94 valence electrons. The molecule has 1 heterocycles. The fraction of sp³-hybridized carbons (Fsp3) is 0.875. The van der Waals surface area contributed by atoms with Crippen molar-refractivity contribution in [2.45, 2.75) is 30.6 Å². The Morgan fingerprint density at radius 2 is 1.94 bits per heavy atom. The molecule has 1 fully saturated rings. The minimum atomic E-state index is -1.36. The lowest BCUT2D eigenvalue weighted by atomic mass is 10.1. The Kier molecular flexibility index (Phi) is 4.59. The maximum atomic E-state index is 10.6. The van der Waals surface area contributed by atoms with Crippen molar-refractivity contribution in [2.24, 2.45) is 0 Å². The molecule has 0 amide bonds. The maximum Gasteiger partial charge on any atom is 0.323 e. The fourth-order valence-electron chi connectivity index (χ4n) is 1.44. The number of carbonyl (C=O) groups is 1. The van der Waals surface area contributed by atoms with E-state index in [2.05, 4.69) is 5.32 Å². The van der Waals surface area contributed by atoms with Crippen molar-refractivity contribution < 1.29 is 35.1 Å². The van der Waals surface area contributed by atoms with Gasteiger partial charge in [0.2, 0.25) is 0 Å². The van der Waals surface area contributed by atoms with Crippen molar-refractivity contribution in [1.29, 1.82) is 0 Å². The smallest absolute Gasteiger partial charge is 0.323 e. The van der Waals surface area contributed by atoms with Gasteiger partial charge in [-0.05, 0) is 0 Å². The van der Waals surface area contributed by atoms with Gasteiger partial charge in [-0.15, -0.1) is 0 Å². The van der Waals surface area contributed by atoms with Crippen molar-refractivity contribution in [3.05, 3.63) is 0 Å². The van der Waals surface area contributed by atoms with Gasteiger partial charge < -0.3 is 30.3 Å². The lowest BCUT2D eigenvalue weighted by Gasteiger charge is -2.20. The summed E-state index contributed by atoms with van der Waals surface area (Å²) in [5, 5.41) is 47.3. The molecule has 0 radical (unpaired) electrons. The first-order valence-corrected chi connectivity index (χ1v) is 4.73. The largest absolute Gasteiger partial charge is 0.480 e. The zero-order valence-corrected chi connectivity index (χ0v) is 8.35. The number of hydrogen-bond donors (Lipinski definition) is 6. The molecule has 0 aromatic carbocycles. The highest BCUT2D eigenvalue weighted by Crippen LogP contribution is 2.19. The first-order valence-electron chi connectivity index (χ1n) is 4.73. The molecule has 0 spiro atoms. The number of hydrogen-bond acceptors (Lipinski definition) is 7. The van der Waals surface area contributed by atoms with E-state index in [0.717, 1.165) is 0 Å². The number of aliphatic hydroxyl groups is 4. The monoisotopic (exact) mass is 237 g/mol. The maximum absolute atomic E-state index is 10.6. The number of carboxylic acid groups (broad SMARTS) is 1. The molecule has 8 heteroatoms. The zero-order chi connectivity index (χ0) is 12.3. The number of aliphatic hydroxyl groups excluding tert-OH is 4. The van der Waals surface area contributed by atoms with Crippen LogP contribution in [-0.4, -0.2) is 75.3 Å². The Morgan fingerprint density at radius 3 is 2.31 bits per heavy atom. The summed E-state index contributed by atoms with van der Waals surface area (Å²) in [4.78, 5) is 10.6. The van der Waals surface area contributed by atoms with Crippen LogP contribution in [-0.2, 0) is 9.53 Å². The lowest BCUT2D eigenvalue weighted by Crippen LogP contribution is -2.50. The summed E-state index contributed by atoms with van der Waals surface area (Å²) >= 11 is 0. The molecule has 1 aliphatic rings. The predicted molar refractivity (Wildman–Crippen MR) is 49.4 cm³/mol. The van der Waals surface area contributed by atoms with E-state index in [1.165, 1.54) is 0 Å². The van der Waals surface area contributed by atoms with Crippen LogP contribution in [0.1, 0.15) is 0 Å². The van der Waals surface area contributed by atoms with Crippen LogP contribution in [0.25, 0.3) is 0 Å².